The zero-order chi connectivity index (χ0) is 4.83. The second-order valence-corrected chi connectivity index (χ2v) is 0.921. The van der Waals surface area contributed by atoms with Crippen LogP contribution in [0.5, 0.6) is 0 Å². The number of hydrogen-bond acceptors (Lipinski definition) is 2. The second kappa shape index (κ2) is 10.4. The van der Waals surface area contributed by atoms with Gasteiger partial charge in [-0.25, -0.2) is 0 Å². The summed E-state index contributed by atoms with van der Waals surface area (Å²) in [5.41, 5.74) is 0. The van der Waals surface area contributed by atoms with Crippen molar-refractivity contribution in [2.45, 2.75) is 6.92 Å². The Morgan fingerprint density at radius 3 is 2.29 bits per heavy atom. The zero-order valence-electron chi connectivity index (χ0n) is 3.98. The summed E-state index contributed by atoms with van der Waals surface area (Å²) in [6.07, 6.45) is 0. The zero-order valence-corrected chi connectivity index (χ0v) is 3.98. The summed E-state index contributed by atoms with van der Waals surface area (Å²) in [7, 11) is 0. The van der Waals surface area contributed by atoms with Crippen molar-refractivity contribution in [3.63, 3.8) is 0 Å². The first kappa shape index (κ1) is 11.2. The molecule has 0 saturated heterocycles. The van der Waals surface area contributed by atoms with E-state index in [4.69, 9.17) is 9.84 Å². The van der Waals surface area contributed by atoms with Crippen LogP contribution < -0.4 is 0 Å². The molecule has 7 heavy (non-hydrogen) atoms. The molecule has 0 rings (SSSR count). The Balaban J connectivity index is 0. The Kier molecular flexibility index (Phi) is 16.7. The van der Waals surface area contributed by atoms with Crippen LogP contribution in [0.25, 0.3) is 0 Å². The molecule has 0 spiro atoms. The molecule has 0 aromatic rings. The normalized spacial score (nSPS) is 7.71. The first-order chi connectivity index (χ1) is 2.91. The SMILES string of the molecule is CCOCCO.[SrH2]. The third-order valence-corrected chi connectivity index (χ3v) is 0.440. The summed E-state index contributed by atoms with van der Waals surface area (Å²) in [6, 6.07) is 0. The van der Waals surface area contributed by atoms with Crippen molar-refractivity contribution < 1.29 is 9.84 Å². The summed E-state index contributed by atoms with van der Waals surface area (Å²) >= 11 is 0. The van der Waals surface area contributed by atoms with E-state index in [-0.39, 0.29) is 52.1 Å². The van der Waals surface area contributed by atoms with Gasteiger partial charge in [-0.1, -0.05) is 0 Å². The van der Waals surface area contributed by atoms with Gasteiger partial charge in [0.2, 0.25) is 0 Å². The van der Waals surface area contributed by atoms with E-state index < -0.39 is 0 Å². The van der Waals surface area contributed by atoms with E-state index >= 15 is 0 Å². The minimum absolute atomic E-state index is 0. The van der Waals surface area contributed by atoms with Crippen LogP contribution in [-0.2, 0) is 4.74 Å². The van der Waals surface area contributed by atoms with E-state index in [0.29, 0.717) is 13.2 Å². The van der Waals surface area contributed by atoms with E-state index in [9.17, 15) is 0 Å². The Labute approximate surface area is 81.1 Å². The second-order valence-electron chi connectivity index (χ2n) is 0.921. The molecule has 0 bridgehead atoms. The predicted octanol–water partition coefficient (Wildman–Crippen LogP) is -0.901. The van der Waals surface area contributed by atoms with Gasteiger partial charge in [-0.2, -0.15) is 0 Å². The monoisotopic (exact) mass is 180 g/mol. The summed E-state index contributed by atoms with van der Waals surface area (Å²) in [4.78, 5) is 0. The molecular weight excluding hydrogens is 168 g/mol. The van der Waals surface area contributed by atoms with Crippen molar-refractivity contribution >= 4 is 45.5 Å². The van der Waals surface area contributed by atoms with Gasteiger partial charge in [-0.05, 0) is 6.92 Å². The van der Waals surface area contributed by atoms with Gasteiger partial charge in [0.1, 0.15) is 0 Å². The van der Waals surface area contributed by atoms with Gasteiger partial charge >= 0.3 is 45.5 Å². The topological polar surface area (TPSA) is 29.5 Å². The van der Waals surface area contributed by atoms with Gasteiger partial charge in [0.25, 0.3) is 0 Å². The molecular formula is C4H12O2Sr. The molecule has 0 aliphatic carbocycles. The summed E-state index contributed by atoms with van der Waals surface area (Å²) in [5, 5.41) is 8.07. The fourth-order valence-electron chi connectivity index (χ4n) is 0.209. The van der Waals surface area contributed by atoms with Crippen molar-refractivity contribution in [3.05, 3.63) is 0 Å². The van der Waals surface area contributed by atoms with Crippen LogP contribution in [0, 0.1) is 0 Å². The van der Waals surface area contributed by atoms with Gasteiger partial charge < -0.3 is 9.84 Å². The van der Waals surface area contributed by atoms with Gasteiger partial charge in [-0.15, -0.1) is 0 Å². The molecule has 42 valence electrons. The van der Waals surface area contributed by atoms with Crippen LogP contribution in [0.15, 0.2) is 0 Å². The van der Waals surface area contributed by atoms with E-state index in [1.165, 1.54) is 0 Å². The van der Waals surface area contributed by atoms with E-state index in [1.54, 1.807) is 0 Å². The number of aliphatic hydroxyl groups excluding tert-OH is 1. The molecule has 3 heteroatoms. The number of ether oxygens (including phenoxy) is 1. The molecule has 1 N–H and O–H groups in total. The summed E-state index contributed by atoms with van der Waals surface area (Å²) in [5.74, 6) is 0. The Hall–Kier alpha value is 1.40. The third-order valence-electron chi connectivity index (χ3n) is 0.440. The molecule has 0 aromatic carbocycles. The van der Waals surface area contributed by atoms with Crippen LogP contribution in [0.3, 0.4) is 0 Å². The van der Waals surface area contributed by atoms with Crippen LogP contribution in [-0.4, -0.2) is 70.4 Å². The molecule has 0 atom stereocenters. The molecule has 0 fully saturated rings. The molecule has 0 aliphatic heterocycles. The van der Waals surface area contributed by atoms with Crippen molar-refractivity contribution in [1.82, 2.24) is 0 Å². The standard InChI is InChI=1S/C4H10O2.Sr.2H/c1-2-6-4-3-5;;;/h5H,2-4H2,1H3;;;. The summed E-state index contributed by atoms with van der Waals surface area (Å²) in [6.45, 7) is 3.20. The minimum atomic E-state index is 0. The Morgan fingerprint density at radius 1 is 1.57 bits per heavy atom. The van der Waals surface area contributed by atoms with Crippen LogP contribution >= 0.6 is 0 Å². The quantitative estimate of drug-likeness (QED) is 0.450. The average molecular weight is 180 g/mol. The maximum atomic E-state index is 8.07. The van der Waals surface area contributed by atoms with Gasteiger partial charge in [0.15, 0.2) is 0 Å². The fraction of sp³-hybridized carbons (Fsp3) is 1.00. The van der Waals surface area contributed by atoms with Crippen LogP contribution in [0.1, 0.15) is 6.92 Å². The molecule has 0 unspecified atom stereocenters. The van der Waals surface area contributed by atoms with Crippen molar-refractivity contribution in [2.24, 2.45) is 0 Å². The van der Waals surface area contributed by atoms with E-state index in [2.05, 4.69) is 0 Å². The average Bonchev–Trinajstić information content (AvgIpc) is 1.61. The molecule has 0 heterocycles. The first-order valence-electron chi connectivity index (χ1n) is 2.10. The molecule has 0 amide bonds. The molecule has 2 nitrogen and oxygen atoms in total. The van der Waals surface area contributed by atoms with Gasteiger partial charge in [0.05, 0.1) is 13.2 Å². The molecule has 0 aromatic heterocycles. The van der Waals surface area contributed by atoms with Crippen LogP contribution in [0.4, 0.5) is 0 Å². The van der Waals surface area contributed by atoms with Crippen molar-refractivity contribution in [3.8, 4) is 0 Å². The van der Waals surface area contributed by atoms with Gasteiger partial charge in [0, 0.05) is 6.61 Å². The summed E-state index contributed by atoms with van der Waals surface area (Å²) < 4.78 is 4.73. The Bertz CT molecular complexity index is 21.7. The van der Waals surface area contributed by atoms with E-state index in [1.807, 2.05) is 6.92 Å². The van der Waals surface area contributed by atoms with E-state index in [0.717, 1.165) is 0 Å². The molecule has 0 saturated carbocycles. The maximum absolute atomic E-state index is 8.07. The molecule has 0 aliphatic rings. The third kappa shape index (κ3) is 11.1. The molecule has 0 radical (unpaired) electrons. The Morgan fingerprint density at radius 2 is 2.14 bits per heavy atom. The number of hydrogen-bond donors (Lipinski definition) is 1. The fourth-order valence-corrected chi connectivity index (χ4v) is 0.209. The van der Waals surface area contributed by atoms with Crippen molar-refractivity contribution in [2.75, 3.05) is 19.8 Å². The first-order valence-corrected chi connectivity index (χ1v) is 2.10. The number of rotatable bonds is 3. The van der Waals surface area contributed by atoms with Crippen LogP contribution in [0.2, 0.25) is 0 Å². The van der Waals surface area contributed by atoms with Gasteiger partial charge in [-0.3, -0.25) is 0 Å². The predicted molar refractivity (Wildman–Crippen MR) is 32.1 cm³/mol. The number of aliphatic hydroxyl groups is 1. The van der Waals surface area contributed by atoms with Crippen molar-refractivity contribution in [1.29, 1.82) is 0 Å².